The Morgan fingerprint density at radius 2 is 1.67 bits per heavy atom. The molecule has 2 rings (SSSR count). The zero-order valence-corrected chi connectivity index (χ0v) is 13.6. The van der Waals surface area contributed by atoms with Gasteiger partial charge in [0, 0.05) is 5.54 Å². The SMILES string of the molecule is CCOc1ccc2cc(S(=O)(=O)NC(C)(C)C)ccc2c1. The number of nitrogens with one attached hydrogen (secondary N) is 1. The third-order valence-electron chi connectivity index (χ3n) is 2.85. The van der Waals surface area contributed by atoms with Crippen molar-refractivity contribution >= 4 is 20.8 Å². The van der Waals surface area contributed by atoms with Gasteiger partial charge in [0.15, 0.2) is 0 Å². The summed E-state index contributed by atoms with van der Waals surface area (Å²) in [6, 6.07) is 10.7. The molecule has 4 nitrogen and oxygen atoms in total. The van der Waals surface area contributed by atoms with Gasteiger partial charge in [0.1, 0.15) is 5.75 Å². The highest BCUT2D eigenvalue weighted by atomic mass is 32.2. The van der Waals surface area contributed by atoms with E-state index in [0.29, 0.717) is 6.61 Å². The molecule has 0 aliphatic rings. The predicted octanol–water partition coefficient (Wildman–Crippen LogP) is 3.32. The van der Waals surface area contributed by atoms with Crippen molar-refractivity contribution in [2.75, 3.05) is 6.61 Å². The second kappa shape index (κ2) is 5.66. The van der Waals surface area contributed by atoms with Crippen LogP contribution in [-0.2, 0) is 10.0 Å². The molecule has 0 heterocycles. The van der Waals surface area contributed by atoms with Crippen molar-refractivity contribution in [3.8, 4) is 5.75 Å². The lowest BCUT2D eigenvalue weighted by Gasteiger charge is -2.20. The first kappa shape index (κ1) is 15.8. The third-order valence-corrected chi connectivity index (χ3v) is 4.60. The van der Waals surface area contributed by atoms with Crippen LogP contribution in [0.5, 0.6) is 5.75 Å². The topological polar surface area (TPSA) is 55.4 Å². The van der Waals surface area contributed by atoms with E-state index >= 15 is 0 Å². The van der Waals surface area contributed by atoms with E-state index in [1.54, 1.807) is 18.2 Å². The standard InChI is InChI=1S/C16H21NO3S/c1-5-20-14-8-6-13-11-15(9-7-12(13)10-14)21(18,19)17-16(2,3)4/h6-11,17H,5H2,1-4H3. The molecule has 114 valence electrons. The molecule has 0 spiro atoms. The van der Waals surface area contributed by atoms with E-state index in [0.717, 1.165) is 16.5 Å². The van der Waals surface area contributed by atoms with Crippen LogP contribution in [0.1, 0.15) is 27.7 Å². The van der Waals surface area contributed by atoms with Crippen LogP contribution in [0.2, 0.25) is 0 Å². The van der Waals surface area contributed by atoms with Crippen molar-refractivity contribution in [1.82, 2.24) is 4.72 Å². The number of benzene rings is 2. The minimum absolute atomic E-state index is 0.272. The maximum atomic E-state index is 12.3. The zero-order valence-electron chi connectivity index (χ0n) is 12.8. The fraction of sp³-hybridized carbons (Fsp3) is 0.375. The van der Waals surface area contributed by atoms with Crippen LogP contribution in [0.3, 0.4) is 0 Å². The van der Waals surface area contributed by atoms with Crippen LogP contribution in [-0.4, -0.2) is 20.6 Å². The molecule has 0 fully saturated rings. The number of rotatable bonds is 4. The average molecular weight is 307 g/mol. The fourth-order valence-corrected chi connectivity index (χ4v) is 3.54. The summed E-state index contributed by atoms with van der Waals surface area (Å²) >= 11 is 0. The minimum atomic E-state index is -3.51. The number of sulfonamides is 1. The Kier molecular flexibility index (Phi) is 4.25. The largest absolute Gasteiger partial charge is 0.494 e. The van der Waals surface area contributed by atoms with Gasteiger partial charge in [-0.05, 0) is 62.7 Å². The van der Waals surface area contributed by atoms with Gasteiger partial charge in [0.2, 0.25) is 10.0 Å². The number of fused-ring (bicyclic) bond motifs is 1. The highest BCUT2D eigenvalue weighted by Gasteiger charge is 2.22. The lowest BCUT2D eigenvalue weighted by Crippen LogP contribution is -2.40. The van der Waals surface area contributed by atoms with Gasteiger partial charge in [0.05, 0.1) is 11.5 Å². The number of hydrogen-bond acceptors (Lipinski definition) is 3. The molecule has 1 N–H and O–H groups in total. The van der Waals surface area contributed by atoms with Crippen molar-refractivity contribution in [2.45, 2.75) is 38.1 Å². The summed E-state index contributed by atoms with van der Waals surface area (Å²) in [5.74, 6) is 0.786. The van der Waals surface area contributed by atoms with Crippen LogP contribution in [0.4, 0.5) is 0 Å². The van der Waals surface area contributed by atoms with Crippen molar-refractivity contribution in [3.63, 3.8) is 0 Å². The molecule has 21 heavy (non-hydrogen) atoms. The van der Waals surface area contributed by atoms with E-state index in [2.05, 4.69) is 4.72 Å². The van der Waals surface area contributed by atoms with Crippen molar-refractivity contribution in [2.24, 2.45) is 0 Å². The van der Waals surface area contributed by atoms with Crippen molar-refractivity contribution < 1.29 is 13.2 Å². The second-order valence-electron chi connectivity index (χ2n) is 5.96. The first-order chi connectivity index (χ1) is 9.71. The molecule has 5 heteroatoms. The average Bonchev–Trinajstić information content (AvgIpc) is 2.35. The van der Waals surface area contributed by atoms with Gasteiger partial charge in [0.25, 0.3) is 0 Å². The maximum Gasteiger partial charge on any atom is 0.241 e. The van der Waals surface area contributed by atoms with Crippen molar-refractivity contribution in [3.05, 3.63) is 36.4 Å². The summed E-state index contributed by atoms with van der Waals surface area (Å²) in [5, 5.41) is 1.82. The van der Waals surface area contributed by atoms with E-state index < -0.39 is 15.6 Å². The van der Waals surface area contributed by atoms with Crippen LogP contribution in [0.25, 0.3) is 10.8 Å². The molecule has 0 radical (unpaired) electrons. The summed E-state index contributed by atoms with van der Waals surface area (Å²) in [6.07, 6.45) is 0. The van der Waals surface area contributed by atoms with Gasteiger partial charge in [-0.1, -0.05) is 12.1 Å². The molecule has 0 aliphatic heterocycles. The van der Waals surface area contributed by atoms with Crippen LogP contribution in [0, 0.1) is 0 Å². The quantitative estimate of drug-likeness (QED) is 0.942. The molecular formula is C16H21NO3S. The molecule has 0 atom stereocenters. The third kappa shape index (κ3) is 3.95. The van der Waals surface area contributed by atoms with Gasteiger partial charge in [-0.3, -0.25) is 0 Å². The first-order valence-corrected chi connectivity index (χ1v) is 8.40. The van der Waals surface area contributed by atoms with Crippen molar-refractivity contribution in [1.29, 1.82) is 0 Å². The Hall–Kier alpha value is -1.59. The summed E-state index contributed by atoms with van der Waals surface area (Å²) in [5.41, 5.74) is -0.507. The molecule has 0 saturated heterocycles. The molecule has 0 unspecified atom stereocenters. The molecular weight excluding hydrogens is 286 g/mol. The smallest absolute Gasteiger partial charge is 0.241 e. The normalized spacial score (nSPS) is 12.6. The Labute approximate surface area is 126 Å². The number of ether oxygens (including phenoxy) is 1. The lowest BCUT2D eigenvalue weighted by atomic mass is 10.1. The van der Waals surface area contributed by atoms with E-state index in [-0.39, 0.29) is 4.90 Å². The maximum absolute atomic E-state index is 12.3. The monoisotopic (exact) mass is 307 g/mol. The minimum Gasteiger partial charge on any atom is -0.494 e. The molecule has 0 aromatic heterocycles. The highest BCUT2D eigenvalue weighted by Crippen LogP contribution is 2.24. The highest BCUT2D eigenvalue weighted by molar-refractivity contribution is 7.89. The van der Waals surface area contributed by atoms with E-state index in [9.17, 15) is 8.42 Å². The summed E-state index contributed by atoms with van der Waals surface area (Å²) in [6.45, 7) is 7.99. The van der Waals surface area contributed by atoms with Gasteiger partial charge in [-0.25, -0.2) is 13.1 Å². The molecule has 0 bridgehead atoms. The summed E-state index contributed by atoms with van der Waals surface area (Å²) in [4.78, 5) is 0.272. The predicted molar refractivity (Wildman–Crippen MR) is 85.2 cm³/mol. The van der Waals surface area contributed by atoms with E-state index in [1.165, 1.54) is 0 Å². The van der Waals surface area contributed by atoms with Crippen LogP contribution in [0.15, 0.2) is 41.3 Å². The molecule has 0 aliphatic carbocycles. The molecule has 2 aromatic rings. The second-order valence-corrected chi connectivity index (χ2v) is 7.64. The van der Waals surface area contributed by atoms with E-state index in [4.69, 9.17) is 4.74 Å². The number of hydrogen-bond donors (Lipinski definition) is 1. The lowest BCUT2D eigenvalue weighted by molar-refractivity contribution is 0.341. The fourth-order valence-electron chi connectivity index (χ4n) is 2.09. The summed E-state index contributed by atoms with van der Waals surface area (Å²) < 4.78 is 32.8. The summed E-state index contributed by atoms with van der Waals surface area (Å²) in [7, 11) is -3.51. The van der Waals surface area contributed by atoms with Crippen LogP contribution < -0.4 is 9.46 Å². The zero-order chi connectivity index (χ0) is 15.7. The molecule has 0 saturated carbocycles. The van der Waals surface area contributed by atoms with Gasteiger partial charge >= 0.3 is 0 Å². The van der Waals surface area contributed by atoms with Crippen LogP contribution >= 0.6 is 0 Å². The Balaban J connectivity index is 2.42. The van der Waals surface area contributed by atoms with Gasteiger partial charge in [-0.15, -0.1) is 0 Å². The molecule has 0 amide bonds. The Bertz CT molecular complexity index is 746. The molecule has 2 aromatic carbocycles. The van der Waals surface area contributed by atoms with E-state index in [1.807, 2.05) is 45.9 Å². The Morgan fingerprint density at radius 3 is 2.29 bits per heavy atom. The van der Waals surface area contributed by atoms with Gasteiger partial charge < -0.3 is 4.74 Å². The van der Waals surface area contributed by atoms with Gasteiger partial charge in [-0.2, -0.15) is 0 Å². The Morgan fingerprint density at radius 1 is 1.05 bits per heavy atom. The first-order valence-electron chi connectivity index (χ1n) is 6.92.